The highest BCUT2D eigenvalue weighted by atomic mass is 16.5. The van der Waals surface area contributed by atoms with Gasteiger partial charge in [0, 0.05) is 31.6 Å². The van der Waals surface area contributed by atoms with Crippen LogP contribution in [0.2, 0.25) is 0 Å². The lowest BCUT2D eigenvalue weighted by molar-refractivity contribution is 0.126. The van der Waals surface area contributed by atoms with Crippen molar-refractivity contribution in [3.8, 4) is 11.3 Å². The van der Waals surface area contributed by atoms with Crippen LogP contribution in [0.25, 0.3) is 11.3 Å². The van der Waals surface area contributed by atoms with E-state index in [1.165, 1.54) is 6.33 Å². The van der Waals surface area contributed by atoms with Crippen molar-refractivity contribution in [2.24, 2.45) is 0 Å². The number of fused-ring (bicyclic) bond motifs is 1. The van der Waals surface area contributed by atoms with Crippen LogP contribution in [0.3, 0.4) is 0 Å². The zero-order valence-electron chi connectivity index (χ0n) is 12.3. The molecule has 0 saturated carbocycles. The second-order valence-corrected chi connectivity index (χ2v) is 4.97. The van der Waals surface area contributed by atoms with E-state index in [-0.39, 0.29) is 6.35 Å². The van der Waals surface area contributed by atoms with E-state index < -0.39 is 0 Å². The molecule has 3 heterocycles. The van der Waals surface area contributed by atoms with Crippen molar-refractivity contribution in [2.75, 3.05) is 23.9 Å². The van der Waals surface area contributed by atoms with Gasteiger partial charge in [-0.15, -0.1) is 0 Å². The SMILES string of the molecule is CCCCN1c2ccc(-c3cncnc3)nc2NC1OC. The summed E-state index contributed by atoms with van der Waals surface area (Å²) in [6.45, 7) is 3.13. The maximum atomic E-state index is 5.50. The Morgan fingerprint density at radius 3 is 2.81 bits per heavy atom. The second kappa shape index (κ2) is 6.05. The standard InChI is InChI=1S/C15H19N5O/c1-3-4-7-20-13-6-5-12(11-8-16-10-17-9-11)18-14(13)19-15(20)21-2/h5-6,8-10,15H,3-4,7H2,1-2H3,(H,18,19). The van der Waals surface area contributed by atoms with Crippen LogP contribution < -0.4 is 10.2 Å². The highest BCUT2D eigenvalue weighted by Crippen LogP contribution is 2.35. The largest absolute Gasteiger partial charge is 0.344 e. The zero-order valence-corrected chi connectivity index (χ0v) is 12.3. The van der Waals surface area contributed by atoms with Crippen LogP contribution in [0.1, 0.15) is 19.8 Å². The first-order valence-corrected chi connectivity index (χ1v) is 7.16. The Balaban J connectivity index is 1.90. The molecule has 2 aromatic heterocycles. The number of nitrogens with one attached hydrogen (secondary N) is 1. The van der Waals surface area contributed by atoms with Crippen molar-refractivity contribution < 1.29 is 4.74 Å². The number of hydrogen-bond acceptors (Lipinski definition) is 6. The quantitative estimate of drug-likeness (QED) is 0.910. The third kappa shape index (κ3) is 2.67. The van der Waals surface area contributed by atoms with Gasteiger partial charge in [0.05, 0.1) is 11.4 Å². The number of methoxy groups -OCH3 is 1. The Bertz CT molecular complexity index is 604. The number of rotatable bonds is 5. The van der Waals surface area contributed by atoms with Gasteiger partial charge in [-0.25, -0.2) is 15.0 Å². The molecular weight excluding hydrogens is 266 g/mol. The molecule has 1 aliphatic rings. The smallest absolute Gasteiger partial charge is 0.208 e. The van der Waals surface area contributed by atoms with Crippen molar-refractivity contribution in [1.29, 1.82) is 0 Å². The topological polar surface area (TPSA) is 63.2 Å². The number of pyridine rings is 1. The Labute approximate surface area is 124 Å². The van der Waals surface area contributed by atoms with Crippen LogP contribution in [-0.2, 0) is 4.74 Å². The van der Waals surface area contributed by atoms with E-state index in [0.717, 1.165) is 42.1 Å². The van der Waals surface area contributed by atoms with Gasteiger partial charge in [-0.05, 0) is 18.6 Å². The van der Waals surface area contributed by atoms with Gasteiger partial charge in [0.2, 0.25) is 6.35 Å². The third-order valence-corrected chi connectivity index (χ3v) is 3.56. The summed E-state index contributed by atoms with van der Waals surface area (Å²) in [5, 5.41) is 3.31. The fraction of sp³-hybridized carbons (Fsp3) is 0.400. The van der Waals surface area contributed by atoms with Crippen molar-refractivity contribution in [1.82, 2.24) is 15.0 Å². The maximum absolute atomic E-state index is 5.50. The zero-order chi connectivity index (χ0) is 14.7. The van der Waals surface area contributed by atoms with E-state index in [4.69, 9.17) is 4.74 Å². The predicted octanol–water partition coefficient (Wildman–Crippen LogP) is 2.50. The molecular formula is C15H19N5O. The summed E-state index contributed by atoms with van der Waals surface area (Å²) in [5.41, 5.74) is 2.84. The fourth-order valence-electron chi connectivity index (χ4n) is 2.46. The molecule has 21 heavy (non-hydrogen) atoms. The van der Waals surface area contributed by atoms with E-state index >= 15 is 0 Å². The first kappa shape index (κ1) is 13.8. The van der Waals surface area contributed by atoms with E-state index in [1.807, 2.05) is 6.07 Å². The summed E-state index contributed by atoms with van der Waals surface area (Å²) in [6.07, 6.45) is 7.16. The lowest BCUT2D eigenvalue weighted by Gasteiger charge is -2.24. The van der Waals surface area contributed by atoms with Gasteiger partial charge in [-0.2, -0.15) is 0 Å². The van der Waals surface area contributed by atoms with Gasteiger partial charge in [-0.1, -0.05) is 13.3 Å². The summed E-state index contributed by atoms with van der Waals surface area (Å²) < 4.78 is 5.50. The number of hydrogen-bond donors (Lipinski definition) is 1. The molecule has 0 fully saturated rings. The monoisotopic (exact) mass is 285 g/mol. The Morgan fingerprint density at radius 1 is 1.29 bits per heavy atom. The molecule has 6 nitrogen and oxygen atoms in total. The van der Waals surface area contributed by atoms with Gasteiger partial charge < -0.3 is 15.0 Å². The number of anilines is 2. The van der Waals surface area contributed by atoms with Crippen molar-refractivity contribution in [3.05, 3.63) is 30.9 Å². The predicted molar refractivity (Wildman–Crippen MR) is 81.9 cm³/mol. The average Bonchev–Trinajstić information content (AvgIpc) is 2.90. The molecule has 6 heteroatoms. The first-order chi connectivity index (χ1) is 10.3. The summed E-state index contributed by atoms with van der Waals surface area (Å²) in [4.78, 5) is 14.9. The maximum Gasteiger partial charge on any atom is 0.208 e. The number of aromatic nitrogens is 3. The Hall–Kier alpha value is -2.21. The van der Waals surface area contributed by atoms with Crippen LogP contribution in [0, 0.1) is 0 Å². The van der Waals surface area contributed by atoms with Crippen LogP contribution >= 0.6 is 0 Å². The lowest BCUT2D eigenvalue weighted by atomic mass is 10.2. The molecule has 110 valence electrons. The minimum absolute atomic E-state index is 0.152. The molecule has 0 bridgehead atoms. The van der Waals surface area contributed by atoms with E-state index in [1.54, 1.807) is 19.5 Å². The van der Waals surface area contributed by atoms with Gasteiger partial charge >= 0.3 is 0 Å². The molecule has 1 N–H and O–H groups in total. The van der Waals surface area contributed by atoms with E-state index in [9.17, 15) is 0 Å². The summed E-state index contributed by atoms with van der Waals surface area (Å²) in [5.74, 6) is 0.847. The highest BCUT2D eigenvalue weighted by molar-refractivity contribution is 5.75. The minimum atomic E-state index is -0.152. The van der Waals surface area contributed by atoms with Gasteiger partial charge in [0.15, 0.2) is 5.82 Å². The van der Waals surface area contributed by atoms with Crippen molar-refractivity contribution in [2.45, 2.75) is 26.1 Å². The number of unbranched alkanes of at least 4 members (excludes halogenated alkanes) is 1. The summed E-state index contributed by atoms with van der Waals surface area (Å²) in [6, 6.07) is 4.07. The van der Waals surface area contributed by atoms with Gasteiger partial charge in [0.1, 0.15) is 6.33 Å². The molecule has 3 rings (SSSR count). The molecule has 1 atom stereocenters. The van der Waals surface area contributed by atoms with Crippen molar-refractivity contribution >= 4 is 11.5 Å². The average molecular weight is 285 g/mol. The molecule has 0 aromatic carbocycles. The third-order valence-electron chi connectivity index (χ3n) is 3.56. The Morgan fingerprint density at radius 2 is 2.10 bits per heavy atom. The summed E-state index contributed by atoms with van der Waals surface area (Å²) >= 11 is 0. The van der Waals surface area contributed by atoms with Crippen LogP contribution in [-0.4, -0.2) is 35.0 Å². The second-order valence-electron chi connectivity index (χ2n) is 4.97. The summed E-state index contributed by atoms with van der Waals surface area (Å²) in [7, 11) is 1.70. The van der Waals surface area contributed by atoms with Gasteiger partial charge in [0.25, 0.3) is 0 Å². The van der Waals surface area contributed by atoms with E-state index in [0.29, 0.717) is 0 Å². The molecule has 1 aliphatic heterocycles. The number of nitrogens with zero attached hydrogens (tertiary/aromatic N) is 4. The Kier molecular flexibility index (Phi) is 3.96. The highest BCUT2D eigenvalue weighted by Gasteiger charge is 2.29. The lowest BCUT2D eigenvalue weighted by Crippen LogP contribution is -2.37. The molecule has 0 saturated heterocycles. The van der Waals surface area contributed by atoms with Crippen LogP contribution in [0.15, 0.2) is 30.9 Å². The minimum Gasteiger partial charge on any atom is -0.344 e. The van der Waals surface area contributed by atoms with Crippen LogP contribution in [0.5, 0.6) is 0 Å². The molecule has 0 amide bonds. The molecule has 0 radical (unpaired) electrons. The van der Waals surface area contributed by atoms with E-state index in [2.05, 4.69) is 38.2 Å². The molecule has 0 aliphatic carbocycles. The normalized spacial score (nSPS) is 16.7. The van der Waals surface area contributed by atoms with Crippen LogP contribution in [0.4, 0.5) is 11.5 Å². The van der Waals surface area contributed by atoms with Gasteiger partial charge in [-0.3, -0.25) is 0 Å². The number of ether oxygens (including phenoxy) is 1. The first-order valence-electron chi connectivity index (χ1n) is 7.16. The molecule has 0 spiro atoms. The van der Waals surface area contributed by atoms with Crippen molar-refractivity contribution in [3.63, 3.8) is 0 Å². The fourth-order valence-corrected chi connectivity index (χ4v) is 2.46. The molecule has 1 unspecified atom stereocenters. The molecule has 2 aromatic rings.